The quantitative estimate of drug-likeness (QED) is 0.899. The van der Waals surface area contributed by atoms with Crippen LogP contribution in [0, 0.1) is 5.82 Å². The van der Waals surface area contributed by atoms with Crippen molar-refractivity contribution in [2.75, 3.05) is 7.05 Å². The Bertz CT molecular complexity index is 560. The molecular weight excluding hydrogens is 265 g/mol. The number of hydrogen-bond acceptors (Lipinski definition) is 2. The lowest BCUT2D eigenvalue weighted by Gasteiger charge is -2.09. The second kappa shape index (κ2) is 6.55. The van der Waals surface area contributed by atoms with E-state index in [9.17, 15) is 4.39 Å². The number of ether oxygens (including phenoxy) is 1. The van der Waals surface area contributed by atoms with Crippen LogP contribution < -0.4 is 10.1 Å². The van der Waals surface area contributed by atoms with Crippen LogP contribution in [0.3, 0.4) is 0 Å². The van der Waals surface area contributed by atoms with Gasteiger partial charge in [0.05, 0.1) is 5.02 Å². The van der Waals surface area contributed by atoms with Crippen LogP contribution in [0.25, 0.3) is 0 Å². The van der Waals surface area contributed by atoms with Gasteiger partial charge in [0.1, 0.15) is 18.2 Å². The highest BCUT2D eigenvalue weighted by Gasteiger charge is 2.04. The molecule has 0 saturated heterocycles. The van der Waals surface area contributed by atoms with E-state index in [0.29, 0.717) is 17.4 Å². The summed E-state index contributed by atoms with van der Waals surface area (Å²) >= 11 is 6.14. The first-order chi connectivity index (χ1) is 9.19. The SMILES string of the molecule is CNCc1ccc(OCc2cccc(F)c2)c(Cl)c1. The van der Waals surface area contributed by atoms with E-state index in [1.54, 1.807) is 6.07 Å². The summed E-state index contributed by atoms with van der Waals surface area (Å²) in [7, 11) is 1.88. The van der Waals surface area contributed by atoms with Crippen molar-refractivity contribution in [3.63, 3.8) is 0 Å². The highest BCUT2D eigenvalue weighted by Crippen LogP contribution is 2.26. The largest absolute Gasteiger partial charge is 0.487 e. The summed E-state index contributed by atoms with van der Waals surface area (Å²) < 4.78 is 18.6. The number of benzene rings is 2. The summed E-state index contributed by atoms with van der Waals surface area (Å²) in [4.78, 5) is 0. The smallest absolute Gasteiger partial charge is 0.138 e. The Morgan fingerprint density at radius 3 is 2.68 bits per heavy atom. The summed E-state index contributed by atoms with van der Waals surface area (Å²) in [6.45, 7) is 1.05. The maximum absolute atomic E-state index is 13.0. The highest BCUT2D eigenvalue weighted by atomic mass is 35.5. The molecule has 0 aliphatic carbocycles. The van der Waals surface area contributed by atoms with Gasteiger partial charge in [0.15, 0.2) is 0 Å². The first-order valence-corrected chi connectivity index (χ1v) is 6.37. The molecule has 0 bridgehead atoms. The van der Waals surface area contributed by atoms with Gasteiger partial charge in [0.2, 0.25) is 0 Å². The van der Waals surface area contributed by atoms with Crippen LogP contribution >= 0.6 is 11.6 Å². The van der Waals surface area contributed by atoms with Gasteiger partial charge in [-0.15, -0.1) is 0 Å². The van der Waals surface area contributed by atoms with Gasteiger partial charge in [-0.05, 0) is 42.4 Å². The van der Waals surface area contributed by atoms with Crippen molar-refractivity contribution in [3.8, 4) is 5.75 Å². The van der Waals surface area contributed by atoms with E-state index >= 15 is 0 Å². The number of rotatable bonds is 5. The fourth-order valence-corrected chi connectivity index (χ4v) is 2.02. The Labute approximate surface area is 117 Å². The Morgan fingerprint density at radius 1 is 1.16 bits per heavy atom. The molecule has 0 aromatic heterocycles. The second-order valence-corrected chi connectivity index (χ2v) is 4.62. The minimum Gasteiger partial charge on any atom is -0.487 e. The predicted octanol–water partition coefficient (Wildman–Crippen LogP) is 3.78. The fraction of sp³-hybridized carbons (Fsp3) is 0.200. The van der Waals surface area contributed by atoms with Gasteiger partial charge in [0.25, 0.3) is 0 Å². The number of hydrogen-bond donors (Lipinski definition) is 1. The monoisotopic (exact) mass is 279 g/mol. The van der Waals surface area contributed by atoms with Crippen molar-refractivity contribution in [1.29, 1.82) is 0 Å². The van der Waals surface area contributed by atoms with Gasteiger partial charge in [-0.25, -0.2) is 4.39 Å². The van der Waals surface area contributed by atoms with Crippen LogP contribution in [-0.4, -0.2) is 7.05 Å². The maximum Gasteiger partial charge on any atom is 0.138 e. The van der Waals surface area contributed by atoms with Crippen molar-refractivity contribution in [3.05, 3.63) is 64.4 Å². The van der Waals surface area contributed by atoms with Crippen molar-refractivity contribution in [2.45, 2.75) is 13.2 Å². The molecule has 0 radical (unpaired) electrons. The van der Waals surface area contributed by atoms with Gasteiger partial charge in [-0.3, -0.25) is 0 Å². The first-order valence-electron chi connectivity index (χ1n) is 5.99. The highest BCUT2D eigenvalue weighted by molar-refractivity contribution is 6.32. The molecular formula is C15H15ClFNO. The molecule has 2 aromatic carbocycles. The van der Waals surface area contributed by atoms with Gasteiger partial charge in [-0.2, -0.15) is 0 Å². The van der Waals surface area contributed by atoms with E-state index < -0.39 is 0 Å². The standard InChI is InChI=1S/C15H15ClFNO/c1-18-9-11-5-6-15(14(16)8-11)19-10-12-3-2-4-13(17)7-12/h2-8,18H,9-10H2,1H3. The summed E-state index contributed by atoms with van der Waals surface area (Å²) in [5.41, 5.74) is 1.86. The Balaban J connectivity index is 2.03. The molecule has 4 heteroatoms. The fourth-order valence-electron chi connectivity index (χ4n) is 1.76. The summed E-state index contributed by atoms with van der Waals surface area (Å²) in [6.07, 6.45) is 0. The lowest BCUT2D eigenvalue weighted by atomic mass is 10.2. The topological polar surface area (TPSA) is 21.3 Å². The molecule has 100 valence electrons. The molecule has 0 aliphatic rings. The zero-order chi connectivity index (χ0) is 13.7. The molecule has 0 atom stereocenters. The van der Waals surface area contributed by atoms with Crippen LogP contribution in [0.4, 0.5) is 4.39 Å². The van der Waals surface area contributed by atoms with Gasteiger partial charge in [-0.1, -0.05) is 29.8 Å². The first kappa shape index (κ1) is 13.8. The van der Waals surface area contributed by atoms with Crippen LogP contribution in [0.15, 0.2) is 42.5 Å². The molecule has 1 N–H and O–H groups in total. The average Bonchev–Trinajstić information content (AvgIpc) is 2.38. The molecule has 2 aromatic rings. The summed E-state index contributed by atoms with van der Waals surface area (Å²) in [5, 5.41) is 3.61. The summed E-state index contributed by atoms with van der Waals surface area (Å²) in [6, 6.07) is 12.0. The summed E-state index contributed by atoms with van der Waals surface area (Å²) in [5.74, 6) is 0.336. The van der Waals surface area contributed by atoms with Crippen molar-refractivity contribution in [2.24, 2.45) is 0 Å². The lowest BCUT2D eigenvalue weighted by Crippen LogP contribution is -2.05. The Morgan fingerprint density at radius 2 is 2.00 bits per heavy atom. The predicted molar refractivity (Wildman–Crippen MR) is 74.9 cm³/mol. The normalized spacial score (nSPS) is 10.5. The van der Waals surface area contributed by atoms with E-state index in [1.165, 1.54) is 12.1 Å². The van der Waals surface area contributed by atoms with E-state index in [-0.39, 0.29) is 5.82 Å². The van der Waals surface area contributed by atoms with E-state index in [4.69, 9.17) is 16.3 Å². The molecule has 0 saturated carbocycles. The van der Waals surface area contributed by atoms with Crippen molar-refractivity contribution < 1.29 is 9.13 Å². The maximum atomic E-state index is 13.0. The molecule has 19 heavy (non-hydrogen) atoms. The minimum absolute atomic E-state index is 0.267. The van der Waals surface area contributed by atoms with E-state index in [2.05, 4.69) is 5.32 Å². The zero-order valence-electron chi connectivity index (χ0n) is 10.6. The molecule has 0 spiro atoms. The third-order valence-electron chi connectivity index (χ3n) is 2.66. The number of nitrogens with one attached hydrogen (secondary N) is 1. The van der Waals surface area contributed by atoms with Gasteiger partial charge < -0.3 is 10.1 Å². The molecule has 0 fully saturated rings. The second-order valence-electron chi connectivity index (χ2n) is 4.21. The molecule has 2 rings (SSSR count). The third kappa shape index (κ3) is 3.94. The number of halogens is 2. The van der Waals surface area contributed by atoms with Crippen molar-refractivity contribution in [1.82, 2.24) is 5.32 Å². The van der Waals surface area contributed by atoms with Crippen LogP contribution in [-0.2, 0) is 13.2 Å². The minimum atomic E-state index is -0.267. The molecule has 0 amide bonds. The average molecular weight is 280 g/mol. The van der Waals surface area contributed by atoms with Gasteiger partial charge >= 0.3 is 0 Å². The van der Waals surface area contributed by atoms with Crippen LogP contribution in [0.1, 0.15) is 11.1 Å². The molecule has 0 heterocycles. The van der Waals surface area contributed by atoms with Crippen LogP contribution in [0.2, 0.25) is 5.02 Å². The molecule has 0 aliphatic heterocycles. The van der Waals surface area contributed by atoms with Crippen molar-refractivity contribution >= 4 is 11.6 Å². The lowest BCUT2D eigenvalue weighted by molar-refractivity contribution is 0.305. The Kier molecular flexibility index (Phi) is 4.77. The molecule has 0 unspecified atom stereocenters. The Hall–Kier alpha value is -1.58. The van der Waals surface area contributed by atoms with E-state index in [1.807, 2.05) is 31.3 Å². The zero-order valence-corrected chi connectivity index (χ0v) is 11.4. The third-order valence-corrected chi connectivity index (χ3v) is 2.96. The van der Waals surface area contributed by atoms with Crippen LogP contribution in [0.5, 0.6) is 5.75 Å². The molecule has 2 nitrogen and oxygen atoms in total. The van der Waals surface area contributed by atoms with Gasteiger partial charge in [0, 0.05) is 6.54 Å². The van der Waals surface area contributed by atoms with E-state index in [0.717, 1.165) is 17.7 Å².